The summed E-state index contributed by atoms with van der Waals surface area (Å²) < 4.78 is 13.3. The van der Waals surface area contributed by atoms with Crippen molar-refractivity contribution in [1.82, 2.24) is 9.97 Å². The van der Waals surface area contributed by atoms with Gasteiger partial charge in [-0.1, -0.05) is 201 Å². The minimum absolute atomic E-state index is 0.473. The molecule has 0 amide bonds. The standard InChI is InChI=1S/C50H34N4O2.4C2H6/c51-49(35-17-9-3-10-18-35)52-42(33-13-5-1-6-14-33)28-22-32-21-24-38-40-26-27-41-39-25-23-37(30-46(39)56-48(41)47(40)55-45(38)29-32)44-31-43(34-15-7-2-8-16-34)53-50(54-44)36-19-11-4-12-20-36;4*1-2/h1-21,23-31H,22H2,(H2,51,52);4*1-2H3/b42-28-;;;;. The maximum absolute atomic E-state index is 6.65. The number of benzene rings is 7. The van der Waals surface area contributed by atoms with Gasteiger partial charge in [0.15, 0.2) is 17.0 Å². The van der Waals surface area contributed by atoms with E-state index >= 15 is 0 Å². The van der Waals surface area contributed by atoms with Gasteiger partial charge in [-0.3, -0.25) is 0 Å². The molecule has 0 saturated carbocycles. The largest absolute Gasteiger partial charge is 0.452 e. The van der Waals surface area contributed by atoms with Crippen LogP contribution in [0.2, 0.25) is 0 Å². The maximum atomic E-state index is 6.65. The Morgan fingerprint density at radius 2 is 0.922 bits per heavy atom. The van der Waals surface area contributed by atoms with E-state index in [1.807, 2.05) is 159 Å². The van der Waals surface area contributed by atoms with E-state index in [0.29, 0.717) is 18.1 Å². The zero-order valence-corrected chi connectivity index (χ0v) is 38.3. The third-order valence-corrected chi connectivity index (χ3v) is 10.2. The van der Waals surface area contributed by atoms with Crippen LogP contribution in [0.5, 0.6) is 0 Å². The molecule has 0 aliphatic carbocycles. The molecule has 0 radical (unpaired) electrons. The van der Waals surface area contributed by atoms with E-state index in [9.17, 15) is 0 Å². The van der Waals surface area contributed by atoms with Crippen LogP contribution in [0.4, 0.5) is 0 Å². The fourth-order valence-corrected chi connectivity index (χ4v) is 7.32. The lowest BCUT2D eigenvalue weighted by molar-refractivity contribution is 0.633. The van der Waals surface area contributed by atoms with Gasteiger partial charge in [-0.25, -0.2) is 15.0 Å². The lowest BCUT2D eigenvalue weighted by Crippen LogP contribution is -2.13. The summed E-state index contributed by atoms with van der Waals surface area (Å²) >= 11 is 0. The second-order valence-corrected chi connectivity index (χ2v) is 13.8. The molecule has 6 nitrogen and oxygen atoms in total. The number of nitrogens with zero attached hydrogens (tertiary/aromatic N) is 3. The molecule has 0 aliphatic heterocycles. The van der Waals surface area contributed by atoms with Gasteiger partial charge < -0.3 is 14.6 Å². The molecule has 0 unspecified atom stereocenters. The van der Waals surface area contributed by atoms with Gasteiger partial charge in [0.2, 0.25) is 0 Å². The number of fused-ring (bicyclic) bond motifs is 7. The van der Waals surface area contributed by atoms with E-state index in [1.54, 1.807) is 0 Å². The first-order valence-corrected chi connectivity index (χ1v) is 22.6. The number of aromatic nitrogens is 2. The molecule has 0 atom stereocenters. The first-order valence-electron chi connectivity index (χ1n) is 22.6. The zero-order chi connectivity index (χ0) is 45.4. The Morgan fingerprint density at radius 1 is 0.469 bits per heavy atom. The van der Waals surface area contributed by atoms with Crippen molar-refractivity contribution in [2.45, 2.75) is 61.8 Å². The van der Waals surface area contributed by atoms with Crippen molar-refractivity contribution in [1.29, 1.82) is 0 Å². The van der Waals surface area contributed by atoms with E-state index in [1.165, 1.54) is 0 Å². The van der Waals surface area contributed by atoms with Gasteiger partial charge in [0, 0.05) is 43.8 Å². The van der Waals surface area contributed by atoms with E-state index < -0.39 is 0 Å². The number of aliphatic imine (C=N–C) groups is 1. The molecule has 64 heavy (non-hydrogen) atoms. The van der Waals surface area contributed by atoms with Crippen LogP contribution >= 0.6 is 0 Å². The Balaban J connectivity index is 0.000000807. The smallest absolute Gasteiger partial charge is 0.178 e. The molecular formula is C58H58N4O2. The van der Waals surface area contributed by atoms with Crippen LogP contribution in [0.25, 0.3) is 83.5 Å². The van der Waals surface area contributed by atoms with E-state index in [0.717, 1.165) is 94.3 Å². The molecule has 3 aromatic heterocycles. The second-order valence-electron chi connectivity index (χ2n) is 13.8. The fourth-order valence-electron chi connectivity index (χ4n) is 7.32. The quantitative estimate of drug-likeness (QED) is 0.122. The van der Waals surface area contributed by atoms with Gasteiger partial charge in [0.05, 0.1) is 17.1 Å². The highest BCUT2D eigenvalue weighted by Crippen LogP contribution is 2.40. The van der Waals surface area contributed by atoms with Crippen LogP contribution in [-0.4, -0.2) is 15.8 Å². The molecule has 6 heteroatoms. The summed E-state index contributed by atoms with van der Waals surface area (Å²) in [4.78, 5) is 14.8. The number of nitrogens with two attached hydrogens (primary N) is 1. The van der Waals surface area contributed by atoms with Crippen LogP contribution in [-0.2, 0) is 6.42 Å². The SMILES string of the molecule is CC.CC.CC.CC.NC(=N/C(=C\Cc1ccc2c(c1)oc1c2ccc2c3ccc(-c4cc(-c5ccccc5)nc(-c5ccccc5)n4)cc3oc21)c1ccccc1)c1ccccc1. The summed E-state index contributed by atoms with van der Waals surface area (Å²) in [5.41, 5.74) is 17.9. The number of furan rings is 2. The van der Waals surface area contributed by atoms with Crippen molar-refractivity contribution in [2.75, 3.05) is 0 Å². The average molecular weight is 843 g/mol. The van der Waals surface area contributed by atoms with Gasteiger partial charge in [-0.2, -0.15) is 0 Å². The fraction of sp³-hybridized carbons (Fsp3) is 0.155. The Morgan fingerprint density at radius 3 is 1.48 bits per heavy atom. The molecule has 0 aliphatic rings. The normalized spacial score (nSPS) is 11.1. The summed E-state index contributed by atoms with van der Waals surface area (Å²) in [6.07, 6.45) is 2.76. The number of amidine groups is 1. The van der Waals surface area contributed by atoms with Gasteiger partial charge in [0.25, 0.3) is 0 Å². The number of hydrogen-bond acceptors (Lipinski definition) is 5. The Kier molecular flexibility index (Phi) is 16.2. The van der Waals surface area contributed by atoms with Crippen molar-refractivity contribution in [3.8, 4) is 33.9 Å². The summed E-state index contributed by atoms with van der Waals surface area (Å²) in [5, 5.41) is 4.06. The van der Waals surface area contributed by atoms with Crippen LogP contribution in [0.3, 0.4) is 0 Å². The van der Waals surface area contributed by atoms with Crippen molar-refractivity contribution in [3.63, 3.8) is 0 Å². The van der Waals surface area contributed by atoms with Gasteiger partial charge in [-0.05, 0) is 53.9 Å². The zero-order valence-electron chi connectivity index (χ0n) is 38.3. The monoisotopic (exact) mass is 842 g/mol. The molecule has 0 saturated heterocycles. The molecule has 3 heterocycles. The highest BCUT2D eigenvalue weighted by molar-refractivity contribution is 6.19. The van der Waals surface area contributed by atoms with E-state index in [4.69, 9.17) is 29.5 Å². The van der Waals surface area contributed by atoms with Crippen molar-refractivity contribution in [3.05, 3.63) is 199 Å². The van der Waals surface area contributed by atoms with Gasteiger partial charge in [-0.15, -0.1) is 0 Å². The molecule has 322 valence electrons. The van der Waals surface area contributed by atoms with Crippen molar-refractivity contribution < 1.29 is 8.83 Å². The van der Waals surface area contributed by atoms with E-state index in [-0.39, 0.29) is 0 Å². The number of allylic oxidation sites excluding steroid dienone is 1. The molecule has 0 bridgehead atoms. The topological polar surface area (TPSA) is 90.4 Å². The summed E-state index contributed by atoms with van der Waals surface area (Å²) in [7, 11) is 0. The molecule has 0 spiro atoms. The minimum Gasteiger partial charge on any atom is -0.452 e. The highest BCUT2D eigenvalue weighted by atomic mass is 16.4. The van der Waals surface area contributed by atoms with Crippen LogP contribution in [0, 0.1) is 0 Å². The predicted molar refractivity (Wildman–Crippen MR) is 274 cm³/mol. The third kappa shape index (κ3) is 10.0. The Hall–Kier alpha value is -7.57. The van der Waals surface area contributed by atoms with Crippen LogP contribution in [0.15, 0.2) is 196 Å². The van der Waals surface area contributed by atoms with Gasteiger partial charge in [0.1, 0.15) is 17.0 Å². The summed E-state index contributed by atoms with van der Waals surface area (Å²) in [6.45, 7) is 16.0. The third-order valence-electron chi connectivity index (χ3n) is 10.2. The Bertz CT molecular complexity index is 3040. The van der Waals surface area contributed by atoms with Crippen LogP contribution < -0.4 is 5.73 Å². The van der Waals surface area contributed by atoms with Crippen molar-refractivity contribution in [2.24, 2.45) is 10.7 Å². The molecule has 2 N–H and O–H groups in total. The first-order chi connectivity index (χ1) is 31.6. The molecule has 0 fully saturated rings. The summed E-state index contributed by atoms with van der Waals surface area (Å²) in [5.74, 6) is 1.15. The van der Waals surface area contributed by atoms with Crippen LogP contribution in [0.1, 0.15) is 72.1 Å². The average Bonchev–Trinajstić information content (AvgIpc) is 3.96. The molecule has 10 aromatic rings. The predicted octanol–water partition coefficient (Wildman–Crippen LogP) is 16.4. The highest BCUT2D eigenvalue weighted by Gasteiger charge is 2.18. The van der Waals surface area contributed by atoms with Crippen molar-refractivity contribution >= 4 is 55.4 Å². The van der Waals surface area contributed by atoms with E-state index in [2.05, 4.69) is 78.9 Å². The second kappa shape index (κ2) is 22.5. The summed E-state index contributed by atoms with van der Waals surface area (Å²) in [6, 6.07) is 59.2. The molecule has 10 rings (SSSR count). The number of hydrogen-bond donors (Lipinski definition) is 1. The maximum Gasteiger partial charge on any atom is 0.178 e. The Labute approximate surface area is 377 Å². The number of rotatable bonds is 8. The minimum atomic E-state index is 0.473. The lowest BCUT2D eigenvalue weighted by Gasteiger charge is -2.09. The first kappa shape index (κ1) is 45.9. The van der Waals surface area contributed by atoms with Gasteiger partial charge >= 0.3 is 0 Å². The molecular weight excluding hydrogens is 785 g/mol. The lowest BCUT2D eigenvalue weighted by atomic mass is 10.0. The molecule has 7 aromatic carbocycles.